The molecule has 9 heteroatoms. The Morgan fingerprint density at radius 2 is 2.04 bits per heavy atom. The van der Waals surface area contributed by atoms with Crippen molar-refractivity contribution in [2.24, 2.45) is 0 Å². The second-order valence-corrected chi connectivity index (χ2v) is 7.18. The van der Waals surface area contributed by atoms with Crippen molar-refractivity contribution >= 4 is 23.7 Å². The molecule has 9 nitrogen and oxygen atoms in total. The number of nitrogens with one attached hydrogen (secondary N) is 1. The first-order chi connectivity index (χ1) is 12.8. The third-order valence-electron chi connectivity index (χ3n) is 4.86. The summed E-state index contributed by atoms with van der Waals surface area (Å²) in [6.07, 6.45) is 1.34. The smallest absolute Gasteiger partial charge is 0.324 e. The van der Waals surface area contributed by atoms with E-state index in [0.29, 0.717) is 38.3 Å². The topological polar surface area (TPSA) is 98.7 Å². The summed E-state index contributed by atoms with van der Waals surface area (Å²) in [6, 6.07) is -1.19. The maximum atomic E-state index is 12.7. The van der Waals surface area contributed by atoms with Gasteiger partial charge in [-0.2, -0.15) is 0 Å². The van der Waals surface area contributed by atoms with Crippen molar-refractivity contribution in [1.29, 1.82) is 0 Å². The summed E-state index contributed by atoms with van der Waals surface area (Å²) in [6.45, 7) is 5.05. The summed E-state index contributed by atoms with van der Waals surface area (Å²) in [4.78, 5) is 50.8. The highest BCUT2D eigenvalue weighted by Gasteiger charge is 2.39. The second kappa shape index (κ2) is 7.50. The van der Waals surface area contributed by atoms with E-state index in [-0.39, 0.29) is 18.2 Å². The molecule has 1 fully saturated rings. The number of rotatable bonds is 5. The zero-order valence-electron chi connectivity index (χ0n) is 16.3. The molecule has 0 aliphatic carbocycles. The van der Waals surface area contributed by atoms with Crippen LogP contribution < -0.4 is 10.2 Å². The van der Waals surface area contributed by atoms with Crippen LogP contribution in [0.15, 0.2) is 0 Å². The Morgan fingerprint density at radius 1 is 1.30 bits per heavy atom. The van der Waals surface area contributed by atoms with Crippen LogP contribution in [0.3, 0.4) is 0 Å². The summed E-state index contributed by atoms with van der Waals surface area (Å²) in [5, 5.41) is 2.62. The maximum Gasteiger partial charge on any atom is 0.324 e. The molecule has 3 rings (SSSR count). The Labute approximate surface area is 158 Å². The third kappa shape index (κ3) is 3.72. The molecule has 2 aliphatic heterocycles. The lowest BCUT2D eigenvalue weighted by Crippen LogP contribution is -2.42. The molecule has 1 atom stereocenters. The largest absolute Gasteiger partial charge is 0.362 e. The molecule has 3 heterocycles. The minimum absolute atomic E-state index is 0.0231. The number of fused-ring (bicyclic) bond motifs is 1. The molecule has 1 aromatic rings. The van der Waals surface area contributed by atoms with Gasteiger partial charge >= 0.3 is 6.03 Å². The molecule has 1 aromatic heterocycles. The molecule has 0 bridgehead atoms. The van der Waals surface area contributed by atoms with Gasteiger partial charge < -0.3 is 15.1 Å². The Morgan fingerprint density at radius 3 is 2.70 bits per heavy atom. The number of urea groups is 1. The average molecular weight is 374 g/mol. The fourth-order valence-electron chi connectivity index (χ4n) is 3.57. The van der Waals surface area contributed by atoms with Crippen LogP contribution in [-0.2, 0) is 22.6 Å². The van der Waals surface area contributed by atoms with Crippen LogP contribution in [-0.4, -0.2) is 70.8 Å². The number of aryl methyl sites for hydroxylation is 1. The van der Waals surface area contributed by atoms with E-state index in [0.717, 1.165) is 17.1 Å². The van der Waals surface area contributed by atoms with Crippen molar-refractivity contribution < 1.29 is 14.4 Å². The molecule has 0 spiro atoms. The molecule has 4 amide bonds. The quantitative estimate of drug-likeness (QED) is 0.752. The van der Waals surface area contributed by atoms with Gasteiger partial charge in [0, 0.05) is 32.7 Å². The fraction of sp³-hybridized carbons (Fsp3) is 0.611. The van der Waals surface area contributed by atoms with Crippen LogP contribution in [0.1, 0.15) is 36.8 Å². The predicted octanol–water partition coefficient (Wildman–Crippen LogP) is 0.456. The van der Waals surface area contributed by atoms with Crippen LogP contribution in [0.2, 0.25) is 0 Å². The molecule has 27 heavy (non-hydrogen) atoms. The van der Waals surface area contributed by atoms with Gasteiger partial charge in [-0.1, -0.05) is 6.92 Å². The molecule has 0 aromatic carbocycles. The number of aromatic nitrogens is 2. The Balaban J connectivity index is 1.70. The van der Waals surface area contributed by atoms with Crippen LogP contribution in [0.25, 0.3) is 0 Å². The zero-order valence-corrected chi connectivity index (χ0v) is 16.3. The first kappa shape index (κ1) is 19.1. The number of nitrogens with zero attached hydrogens (tertiary/aromatic N) is 5. The van der Waals surface area contributed by atoms with E-state index < -0.39 is 12.1 Å². The van der Waals surface area contributed by atoms with Crippen molar-refractivity contribution in [2.45, 2.75) is 45.7 Å². The number of hydrogen-bond donors (Lipinski definition) is 1. The summed E-state index contributed by atoms with van der Waals surface area (Å²) in [5.74, 6) is 1.08. The van der Waals surface area contributed by atoms with Crippen molar-refractivity contribution in [1.82, 2.24) is 25.1 Å². The SMILES string of the molecule is CCCN1C(=O)NC(CC(=O)N2CCc3c(nc(C)nc3N(C)C)C2)C1=O. The minimum Gasteiger partial charge on any atom is -0.362 e. The highest BCUT2D eigenvalue weighted by molar-refractivity contribution is 6.05. The van der Waals surface area contributed by atoms with Crippen LogP contribution in [0, 0.1) is 6.92 Å². The van der Waals surface area contributed by atoms with Gasteiger partial charge in [-0.05, 0) is 19.8 Å². The summed E-state index contributed by atoms with van der Waals surface area (Å²) < 4.78 is 0. The summed E-state index contributed by atoms with van der Waals surface area (Å²) in [7, 11) is 3.88. The highest BCUT2D eigenvalue weighted by Crippen LogP contribution is 2.26. The number of anilines is 1. The van der Waals surface area contributed by atoms with E-state index in [1.54, 1.807) is 4.90 Å². The maximum absolute atomic E-state index is 12.7. The lowest BCUT2D eigenvalue weighted by Gasteiger charge is -2.31. The summed E-state index contributed by atoms with van der Waals surface area (Å²) in [5.41, 5.74) is 1.91. The van der Waals surface area contributed by atoms with Crippen LogP contribution in [0.5, 0.6) is 0 Å². The standard InChI is InChI=1S/C18H26N6O3/c1-5-7-24-17(26)13(21-18(24)27)9-15(25)23-8-6-12-14(10-23)19-11(2)20-16(12)22(3)4/h13H,5-10H2,1-4H3,(H,21,27). The Kier molecular flexibility index (Phi) is 5.29. The van der Waals surface area contributed by atoms with E-state index in [9.17, 15) is 14.4 Å². The van der Waals surface area contributed by atoms with Crippen LogP contribution >= 0.6 is 0 Å². The van der Waals surface area contributed by atoms with Crippen LogP contribution in [0.4, 0.5) is 10.6 Å². The van der Waals surface area contributed by atoms with Gasteiger partial charge in [-0.15, -0.1) is 0 Å². The van der Waals surface area contributed by atoms with Gasteiger partial charge in [0.1, 0.15) is 17.7 Å². The van der Waals surface area contributed by atoms with Gasteiger partial charge in [0.05, 0.1) is 18.7 Å². The van der Waals surface area contributed by atoms with E-state index >= 15 is 0 Å². The fourth-order valence-corrected chi connectivity index (χ4v) is 3.57. The van der Waals surface area contributed by atoms with Crippen molar-refractivity contribution in [3.8, 4) is 0 Å². The molecular formula is C18H26N6O3. The van der Waals surface area contributed by atoms with Gasteiger partial charge in [-0.25, -0.2) is 14.8 Å². The van der Waals surface area contributed by atoms with Crippen molar-refractivity contribution in [3.05, 3.63) is 17.1 Å². The number of imide groups is 1. The van der Waals surface area contributed by atoms with Gasteiger partial charge in [-0.3, -0.25) is 14.5 Å². The van der Waals surface area contributed by atoms with Gasteiger partial charge in [0.2, 0.25) is 5.91 Å². The molecule has 2 aliphatic rings. The van der Waals surface area contributed by atoms with E-state index in [4.69, 9.17) is 0 Å². The van der Waals surface area contributed by atoms with Gasteiger partial charge in [0.25, 0.3) is 5.91 Å². The Bertz CT molecular complexity index is 779. The Hall–Kier alpha value is -2.71. The number of hydrogen-bond acceptors (Lipinski definition) is 6. The number of amides is 4. The first-order valence-electron chi connectivity index (χ1n) is 9.25. The lowest BCUT2D eigenvalue weighted by atomic mass is 10.0. The average Bonchev–Trinajstić information content (AvgIpc) is 2.88. The second-order valence-electron chi connectivity index (χ2n) is 7.18. The molecule has 1 saturated heterocycles. The molecule has 146 valence electrons. The first-order valence-corrected chi connectivity index (χ1v) is 9.25. The third-order valence-corrected chi connectivity index (χ3v) is 4.86. The monoisotopic (exact) mass is 374 g/mol. The molecule has 1 unspecified atom stereocenters. The van der Waals surface area contributed by atoms with Crippen molar-refractivity contribution in [3.63, 3.8) is 0 Å². The summed E-state index contributed by atoms with van der Waals surface area (Å²) >= 11 is 0. The molecular weight excluding hydrogens is 348 g/mol. The zero-order chi connectivity index (χ0) is 19.7. The number of carbonyl (C=O) groups excluding carboxylic acids is 3. The number of carbonyl (C=O) groups is 3. The highest BCUT2D eigenvalue weighted by atomic mass is 16.2. The van der Waals surface area contributed by atoms with Crippen molar-refractivity contribution in [2.75, 3.05) is 32.1 Å². The molecule has 0 radical (unpaired) electrons. The van der Waals surface area contributed by atoms with E-state index in [1.165, 1.54) is 4.90 Å². The van der Waals surface area contributed by atoms with E-state index in [2.05, 4.69) is 15.3 Å². The minimum atomic E-state index is -0.776. The van der Waals surface area contributed by atoms with E-state index in [1.807, 2.05) is 32.8 Å². The predicted molar refractivity (Wildman–Crippen MR) is 99.2 cm³/mol. The molecule has 1 N–H and O–H groups in total. The molecule has 0 saturated carbocycles. The lowest BCUT2D eigenvalue weighted by molar-refractivity contribution is -0.136. The normalized spacial score (nSPS) is 19.2. The van der Waals surface area contributed by atoms with Gasteiger partial charge in [0.15, 0.2) is 0 Å².